The van der Waals surface area contributed by atoms with E-state index in [1.54, 1.807) is 0 Å². The van der Waals surface area contributed by atoms with E-state index in [1.807, 2.05) is 12.1 Å². The Labute approximate surface area is 141 Å². The number of carbonyl (C=O) groups excluding carboxylic acids is 1. The van der Waals surface area contributed by atoms with E-state index in [0.717, 1.165) is 41.9 Å². The molecule has 1 aromatic rings. The van der Waals surface area contributed by atoms with E-state index in [4.69, 9.17) is 0 Å². The van der Waals surface area contributed by atoms with Crippen molar-refractivity contribution in [3.63, 3.8) is 0 Å². The number of rotatable bonds is 5. The van der Waals surface area contributed by atoms with Gasteiger partial charge in [0.2, 0.25) is 5.91 Å². The van der Waals surface area contributed by atoms with Crippen LogP contribution < -0.4 is 5.32 Å². The Balaban J connectivity index is 1.50. The van der Waals surface area contributed by atoms with E-state index in [2.05, 4.69) is 45.2 Å². The first-order chi connectivity index (χ1) is 10.6. The van der Waals surface area contributed by atoms with Gasteiger partial charge in [-0.15, -0.1) is 0 Å². The molecule has 1 amide bonds. The van der Waals surface area contributed by atoms with Crippen molar-refractivity contribution < 1.29 is 4.79 Å². The Bertz CT molecular complexity index is 534. The van der Waals surface area contributed by atoms with Gasteiger partial charge in [0, 0.05) is 17.6 Å². The van der Waals surface area contributed by atoms with E-state index < -0.39 is 0 Å². The molecule has 22 heavy (non-hydrogen) atoms. The molecule has 1 saturated carbocycles. The van der Waals surface area contributed by atoms with Gasteiger partial charge >= 0.3 is 0 Å². The third kappa shape index (κ3) is 3.54. The SMILES string of the molecule is CC1CCN(CCNC(=O)C2(c3cccc(Br)c3)CC2)CC1. The molecule has 120 valence electrons. The van der Waals surface area contributed by atoms with Crippen LogP contribution in [0.3, 0.4) is 0 Å². The van der Waals surface area contributed by atoms with Gasteiger partial charge in [-0.2, -0.15) is 0 Å². The lowest BCUT2D eigenvalue weighted by molar-refractivity contribution is -0.123. The minimum Gasteiger partial charge on any atom is -0.354 e. The number of likely N-dealkylation sites (tertiary alicyclic amines) is 1. The highest BCUT2D eigenvalue weighted by atomic mass is 79.9. The zero-order valence-electron chi connectivity index (χ0n) is 13.3. The van der Waals surface area contributed by atoms with Crippen LogP contribution in [0.15, 0.2) is 28.7 Å². The van der Waals surface area contributed by atoms with Gasteiger partial charge in [-0.3, -0.25) is 4.79 Å². The number of benzene rings is 1. The highest BCUT2D eigenvalue weighted by molar-refractivity contribution is 9.10. The van der Waals surface area contributed by atoms with Crippen LogP contribution in [0.1, 0.15) is 38.2 Å². The fourth-order valence-corrected chi connectivity index (χ4v) is 3.74. The molecule has 1 aromatic carbocycles. The Hall–Kier alpha value is -0.870. The van der Waals surface area contributed by atoms with Crippen molar-refractivity contribution in [2.24, 2.45) is 5.92 Å². The molecule has 2 aliphatic rings. The maximum absolute atomic E-state index is 12.6. The number of amides is 1. The lowest BCUT2D eigenvalue weighted by Crippen LogP contribution is -2.42. The molecule has 0 aromatic heterocycles. The van der Waals surface area contributed by atoms with Gasteiger partial charge in [0.1, 0.15) is 0 Å². The fourth-order valence-electron chi connectivity index (χ4n) is 3.34. The van der Waals surface area contributed by atoms with Crippen molar-refractivity contribution in [1.29, 1.82) is 0 Å². The van der Waals surface area contributed by atoms with E-state index in [1.165, 1.54) is 25.9 Å². The smallest absolute Gasteiger partial charge is 0.230 e. The summed E-state index contributed by atoms with van der Waals surface area (Å²) in [4.78, 5) is 15.1. The lowest BCUT2D eigenvalue weighted by Gasteiger charge is -2.30. The summed E-state index contributed by atoms with van der Waals surface area (Å²) in [6.45, 7) is 6.42. The number of halogens is 1. The Morgan fingerprint density at radius 3 is 2.73 bits per heavy atom. The standard InChI is InChI=1S/C18H25BrN2O/c1-14-5-10-21(11-6-14)12-9-20-17(22)18(7-8-18)15-3-2-4-16(19)13-15/h2-4,13-14H,5-12H2,1H3,(H,20,22). The molecule has 1 saturated heterocycles. The molecule has 1 aliphatic heterocycles. The average Bonchev–Trinajstić information content (AvgIpc) is 3.31. The quantitative estimate of drug-likeness (QED) is 0.868. The lowest BCUT2D eigenvalue weighted by atomic mass is 9.95. The maximum atomic E-state index is 12.6. The average molecular weight is 365 g/mol. The van der Waals surface area contributed by atoms with Gasteiger partial charge < -0.3 is 10.2 Å². The molecule has 3 nitrogen and oxygen atoms in total. The number of piperidine rings is 1. The molecular weight excluding hydrogens is 340 g/mol. The van der Waals surface area contributed by atoms with Gasteiger partial charge in [0.15, 0.2) is 0 Å². The molecule has 0 radical (unpaired) electrons. The minimum absolute atomic E-state index is 0.205. The Morgan fingerprint density at radius 2 is 2.09 bits per heavy atom. The highest BCUT2D eigenvalue weighted by Crippen LogP contribution is 2.48. The van der Waals surface area contributed by atoms with Crippen LogP contribution in [-0.2, 0) is 10.2 Å². The summed E-state index contributed by atoms with van der Waals surface area (Å²) in [5.74, 6) is 1.06. The van der Waals surface area contributed by atoms with E-state index >= 15 is 0 Å². The van der Waals surface area contributed by atoms with Crippen molar-refractivity contribution in [1.82, 2.24) is 10.2 Å². The molecule has 3 rings (SSSR count). The van der Waals surface area contributed by atoms with Crippen LogP contribution in [-0.4, -0.2) is 37.0 Å². The number of nitrogens with zero attached hydrogens (tertiary/aromatic N) is 1. The van der Waals surface area contributed by atoms with Crippen LogP contribution in [0, 0.1) is 5.92 Å². The van der Waals surface area contributed by atoms with Crippen molar-refractivity contribution >= 4 is 21.8 Å². The molecule has 1 aliphatic carbocycles. The third-order valence-corrected chi connectivity index (χ3v) is 5.64. The van der Waals surface area contributed by atoms with Gasteiger partial charge in [0.25, 0.3) is 0 Å². The summed E-state index contributed by atoms with van der Waals surface area (Å²) in [5, 5.41) is 3.17. The number of hydrogen-bond acceptors (Lipinski definition) is 2. The largest absolute Gasteiger partial charge is 0.354 e. The van der Waals surface area contributed by atoms with Gasteiger partial charge in [-0.05, 0) is 62.4 Å². The topological polar surface area (TPSA) is 32.3 Å². The fraction of sp³-hybridized carbons (Fsp3) is 0.611. The maximum Gasteiger partial charge on any atom is 0.230 e. The number of carbonyl (C=O) groups is 1. The van der Waals surface area contributed by atoms with Crippen LogP contribution >= 0.6 is 15.9 Å². The predicted molar refractivity (Wildman–Crippen MR) is 92.9 cm³/mol. The summed E-state index contributed by atoms with van der Waals surface area (Å²) >= 11 is 3.50. The number of nitrogens with one attached hydrogen (secondary N) is 1. The first-order valence-electron chi connectivity index (χ1n) is 8.37. The summed E-state index contributed by atoms with van der Waals surface area (Å²) in [7, 11) is 0. The van der Waals surface area contributed by atoms with E-state index in [9.17, 15) is 4.79 Å². The predicted octanol–water partition coefficient (Wildman–Crippen LogP) is 3.33. The second kappa shape index (κ2) is 6.71. The van der Waals surface area contributed by atoms with Gasteiger partial charge in [-0.1, -0.05) is 35.0 Å². The number of hydrogen-bond donors (Lipinski definition) is 1. The van der Waals surface area contributed by atoms with Crippen LogP contribution in [0.25, 0.3) is 0 Å². The summed E-state index contributed by atoms with van der Waals surface area (Å²) < 4.78 is 1.05. The summed E-state index contributed by atoms with van der Waals surface area (Å²) in [6.07, 6.45) is 4.51. The van der Waals surface area contributed by atoms with Crippen molar-refractivity contribution in [3.8, 4) is 0 Å². The molecule has 0 bridgehead atoms. The van der Waals surface area contributed by atoms with Crippen molar-refractivity contribution in [2.45, 2.75) is 38.0 Å². The van der Waals surface area contributed by atoms with Crippen molar-refractivity contribution in [3.05, 3.63) is 34.3 Å². The van der Waals surface area contributed by atoms with Crippen LogP contribution in [0.4, 0.5) is 0 Å². The summed E-state index contributed by atoms with van der Waals surface area (Å²) in [6, 6.07) is 8.18. The Kier molecular flexibility index (Phi) is 4.88. The summed E-state index contributed by atoms with van der Waals surface area (Å²) in [5.41, 5.74) is 0.881. The first kappa shape index (κ1) is 16.0. The monoisotopic (exact) mass is 364 g/mol. The molecule has 0 atom stereocenters. The molecule has 4 heteroatoms. The van der Waals surface area contributed by atoms with E-state index in [0.29, 0.717) is 0 Å². The Morgan fingerprint density at radius 1 is 1.36 bits per heavy atom. The normalized spacial score (nSPS) is 21.5. The molecular formula is C18H25BrN2O. The molecule has 0 unspecified atom stereocenters. The zero-order chi connectivity index (χ0) is 15.6. The van der Waals surface area contributed by atoms with Gasteiger partial charge in [0.05, 0.1) is 5.41 Å². The second-order valence-electron chi connectivity index (χ2n) is 6.87. The molecule has 2 fully saturated rings. The van der Waals surface area contributed by atoms with E-state index in [-0.39, 0.29) is 11.3 Å². The molecule has 1 heterocycles. The zero-order valence-corrected chi connectivity index (χ0v) is 14.9. The highest BCUT2D eigenvalue weighted by Gasteiger charge is 2.51. The van der Waals surface area contributed by atoms with Crippen molar-refractivity contribution in [2.75, 3.05) is 26.2 Å². The molecule has 1 N–H and O–H groups in total. The van der Waals surface area contributed by atoms with Crippen LogP contribution in [0.2, 0.25) is 0 Å². The van der Waals surface area contributed by atoms with Crippen LogP contribution in [0.5, 0.6) is 0 Å². The third-order valence-electron chi connectivity index (χ3n) is 5.15. The van der Waals surface area contributed by atoms with Gasteiger partial charge in [-0.25, -0.2) is 0 Å². The second-order valence-corrected chi connectivity index (χ2v) is 7.79. The minimum atomic E-state index is -0.264. The first-order valence-corrected chi connectivity index (χ1v) is 9.16. The molecule has 0 spiro atoms.